The van der Waals surface area contributed by atoms with E-state index in [2.05, 4.69) is 150 Å². The second kappa shape index (κ2) is 11.2. The molecule has 0 amide bonds. The molecule has 3 nitrogen and oxygen atoms in total. The Bertz CT molecular complexity index is 2160. The fraction of sp³-hybridized carbons (Fsp3) is 0.190. The van der Waals surface area contributed by atoms with E-state index in [9.17, 15) is 0 Å². The molecule has 4 aromatic carbocycles. The van der Waals surface area contributed by atoms with Gasteiger partial charge in [0.2, 0.25) is 0 Å². The lowest BCUT2D eigenvalue weighted by Gasteiger charge is -2.15. The summed E-state index contributed by atoms with van der Waals surface area (Å²) in [5, 5.41) is 0. The topological polar surface area (TPSA) is 30.7 Å². The Hall–Kier alpha value is -5.02. The van der Waals surface area contributed by atoms with Crippen molar-refractivity contribution in [3.8, 4) is 39.3 Å². The summed E-state index contributed by atoms with van der Waals surface area (Å²) in [6.45, 7) is 15.2. The van der Waals surface area contributed by atoms with Crippen molar-refractivity contribution >= 4 is 22.1 Å². The molecule has 7 rings (SSSR count). The fourth-order valence-corrected chi connectivity index (χ4v) is 6.91. The van der Waals surface area contributed by atoms with E-state index in [0.717, 1.165) is 56.7 Å². The van der Waals surface area contributed by atoms with Crippen molar-refractivity contribution in [1.82, 2.24) is 14.5 Å². The molecule has 0 atom stereocenters. The zero-order valence-electron chi connectivity index (χ0n) is 27.3. The van der Waals surface area contributed by atoms with Crippen LogP contribution in [0.3, 0.4) is 0 Å². The molecule has 0 fully saturated rings. The van der Waals surface area contributed by atoms with Gasteiger partial charge in [0.05, 0.1) is 22.4 Å². The van der Waals surface area contributed by atoms with Crippen LogP contribution in [-0.2, 0) is 6.42 Å². The zero-order valence-corrected chi connectivity index (χ0v) is 27.3. The summed E-state index contributed by atoms with van der Waals surface area (Å²) in [6, 6.07) is 35.5. The Labute approximate surface area is 266 Å². The van der Waals surface area contributed by atoms with Crippen LogP contribution in [0.2, 0.25) is 0 Å². The lowest BCUT2D eigenvalue weighted by molar-refractivity contribution is 1.11. The number of pyridine rings is 2. The highest BCUT2D eigenvalue weighted by atomic mass is 15.0. The molecule has 222 valence electrons. The van der Waals surface area contributed by atoms with Crippen LogP contribution >= 0.6 is 0 Å². The summed E-state index contributed by atoms with van der Waals surface area (Å²) < 4.78 is 2.34. The molecule has 0 N–H and O–H groups in total. The van der Waals surface area contributed by atoms with Gasteiger partial charge in [0.1, 0.15) is 11.0 Å². The highest BCUT2D eigenvalue weighted by molar-refractivity contribution is 6.06. The van der Waals surface area contributed by atoms with Gasteiger partial charge >= 0.3 is 0 Å². The lowest BCUT2D eigenvalue weighted by Crippen LogP contribution is -1.98. The Morgan fingerprint density at radius 3 is 1.36 bits per heavy atom. The van der Waals surface area contributed by atoms with Gasteiger partial charge in [0.25, 0.3) is 0 Å². The molecule has 0 aliphatic heterocycles. The first-order valence-corrected chi connectivity index (χ1v) is 15.9. The molecule has 0 aliphatic rings. The van der Waals surface area contributed by atoms with Crippen LogP contribution < -0.4 is 0 Å². The van der Waals surface area contributed by atoms with Gasteiger partial charge in [0.15, 0.2) is 0 Å². The van der Waals surface area contributed by atoms with Crippen molar-refractivity contribution in [2.45, 2.75) is 54.9 Å². The minimum atomic E-state index is 0.922. The molecule has 3 heteroatoms. The Kier molecular flexibility index (Phi) is 7.13. The van der Waals surface area contributed by atoms with Gasteiger partial charge < -0.3 is 4.57 Å². The number of aromatic nitrogens is 3. The maximum absolute atomic E-state index is 5.33. The van der Waals surface area contributed by atoms with E-state index in [-0.39, 0.29) is 0 Å². The van der Waals surface area contributed by atoms with Crippen molar-refractivity contribution in [3.05, 3.63) is 136 Å². The smallest absolute Gasteiger partial charge is 0.116 e. The van der Waals surface area contributed by atoms with Gasteiger partial charge in [-0.3, -0.25) is 0 Å². The molecule has 0 radical (unpaired) electrons. The molecule has 0 bridgehead atoms. The minimum absolute atomic E-state index is 0.922. The van der Waals surface area contributed by atoms with E-state index in [4.69, 9.17) is 9.97 Å². The summed E-state index contributed by atoms with van der Waals surface area (Å²) in [5.41, 5.74) is 20.8. The second-order valence-electron chi connectivity index (χ2n) is 12.6. The fourth-order valence-electron chi connectivity index (χ4n) is 6.91. The molecule has 7 aromatic rings. The van der Waals surface area contributed by atoms with E-state index < -0.39 is 0 Å². The zero-order chi connectivity index (χ0) is 31.4. The molecule has 3 aromatic heterocycles. The van der Waals surface area contributed by atoms with Crippen LogP contribution in [0.15, 0.2) is 97.1 Å². The van der Waals surface area contributed by atoms with Gasteiger partial charge in [0, 0.05) is 16.8 Å². The maximum Gasteiger partial charge on any atom is 0.116 e. The molecule has 0 unspecified atom stereocenters. The molecule has 3 heterocycles. The Morgan fingerprint density at radius 2 is 0.911 bits per heavy atom. The van der Waals surface area contributed by atoms with Gasteiger partial charge in [-0.05, 0) is 118 Å². The van der Waals surface area contributed by atoms with Crippen molar-refractivity contribution in [3.63, 3.8) is 0 Å². The van der Waals surface area contributed by atoms with Crippen molar-refractivity contribution in [1.29, 1.82) is 0 Å². The predicted molar refractivity (Wildman–Crippen MR) is 190 cm³/mol. The first-order valence-electron chi connectivity index (χ1n) is 15.9. The largest absolute Gasteiger partial charge is 0.306 e. The number of nitrogens with zero attached hydrogens (tertiary/aromatic N) is 3. The molecule has 0 saturated heterocycles. The third-order valence-electron chi connectivity index (χ3n) is 9.17. The summed E-state index contributed by atoms with van der Waals surface area (Å²) in [5.74, 6) is 0. The van der Waals surface area contributed by atoms with E-state index in [1.54, 1.807) is 0 Å². The van der Waals surface area contributed by atoms with Gasteiger partial charge in [-0.15, -0.1) is 0 Å². The molecular weight excluding hydrogens is 546 g/mol. The van der Waals surface area contributed by atoms with Crippen molar-refractivity contribution in [2.75, 3.05) is 0 Å². The standard InChI is InChI=1S/C42H39N3/c1-8-31-24-32(12-16-36(31)33-13-9-25(2)21-28(33)5)45-39-19-17-37(34-14-10-26(3)22-29(34)6)43-41(39)42-40(45)20-18-38(44-42)35-15-11-27(4)23-30(35)7/h9-24H,8H2,1-7H3. The van der Waals surface area contributed by atoms with Crippen molar-refractivity contribution in [2.24, 2.45) is 0 Å². The summed E-state index contributed by atoms with van der Waals surface area (Å²) in [7, 11) is 0. The van der Waals surface area contributed by atoms with Crippen LogP contribution in [0, 0.1) is 41.5 Å². The Morgan fingerprint density at radius 1 is 0.467 bits per heavy atom. The summed E-state index contributed by atoms with van der Waals surface area (Å²) >= 11 is 0. The number of hydrogen-bond donors (Lipinski definition) is 0. The van der Waals surface area contributed by atoms with Gasteiger partial charge in [-0.25, -0.2) is 9.97 Å². The van der Waals surface area contributed by atoms with Crippen molar-refractivity contribution < 1.29 is 0 Å². The summed E-state index contributed by atoms with van der Waals surface area (Å²) in [6.07, 6.45) is 0.942. The van der Waals surface area contributed by atoms with Crippen LogP contribution in [-0.4, -0.2) is 14.5 Å². The highest BCUT2D eigenvalue weighted by Crippen LogP contribution is 2.37. The van der Waals surface area contributed by atoms with Crippen LogP contribution in [0.4, 0.5) is 0 Å². The summed E-state index contributed by atoms with van der Waals surface area (Å²) in [4.78, 5) is 10.7. The van der Waals surface area contributed by atoms with Crippen LogP contribution in [0.5, 0.6) is 0 Å². The first-order chi connectivity index (χ1) is 21.7. The maximum atomic E-state index is 5.33. The minimum Gasteiger partial charge on any atom is -0.306 e. The highest BCUT2D eigenvalue weighted by Gasteiger charge is 2.19. The van der Waals surface area contributed by atoms with Crippen LogP contribution in [0.1, 0.15) is 45.9 Å². The van der Waals surface area contributed by atoms with Gasteiger partial charge in [-0.2, -0.15) is 0 Å². The molecule has 0 saturated carbocycles. The number of fused-ring (bicyclic) bond motifs is 3. The van der Waals surface area contributed by atoms with E-state index in [1.807, 2.05) is 0 Å². The number of hydrogen-bond acceptors (Lipinski definition) is 2. The quantitative estimate of drug-likeness (QED) is 0.201. The monoisotopic (exact) mass is 585 g/mol. The second-order valence-corrected chi connectivity index (χ2v) is 12.6. The van der Waals surface area contributed by atoms with E-state index >= 15 is 0 Å². The number of rotatable bonds is 5. The number of benzene rings is 4. The third kappa shape index (κ3) is 5.03. The normalized spacial score (nSPS) is 11.5. The predicted octanol–water partition coefficient (Wildman–Crippen LogP) is 11.0. The van der Waals surface area contributed by atoms with Crippen LogP contribution in [0.25, 0.3) is 61.4 Å². The molecule has 45 heavy (non-hydrogen) atoms. The SMILES string of the molecule is CCc1cc(-n2c3ccc(-c4ccc(C)cc4C)nc3c3nc(-c4ccc(C)cc4C)ccc32)ccc1-c1ccc(C)cc1C. The molecule has 0 aliphatic carbocycles. The van der Waals surface area contributed by atoms with E-state index in [0.29, 0.717) is 0 Å². The third-order valence-corrected chi connectivity index (χ3v) is 9.17. The molecular formula is C42H39N3. The average Bonchev–Trinajstić information content (AvgIpc) is 3.34. The van der Waals surface area contributed by atoms with Gasteiger partial charge in [-0.1, -0.05) is 84.3 Å². The molecule has 0 spiro atoms. The average molecular weight is 586 g/mol. The number of aryl methyl sites for hydroxylation is 7. The lowest BCUT2D eigenvalue weighted by atomic mass is 9.93. The van der Waals surface area contributed by atoms with E-state index in [1.165, 1.54) is 50.1 Å². The first kappa shape index (κ1) is 28.7. The Balaban J connectivity index is 1.48.